The molecule has 2 heterocycles. The van der Waals surface area contributed by atoms with E-state index in [-0.39, 0.29) is 5.78 Å². The van der Waals surface area contributed by atoms with Gasteiger partial charge in [-0.05, 0) is 18.6 Å². The highest BCUT2D eigenvalue weighted by molar-refractivity contribution is 5.96. The van der Waals surface area contributed by atoms with E-state index in [9.17, 15) is 4.79 Å². The molecule has 1 fully saturated rings. The molecular formula is C13H13NO2. The van der Waals surface area contributed by atoms with Gasteiger partial charge in [-0.15, -0.1) is 0 Å². The van der Waals surface area contributed by atoms with Crippen molar-refractivity contribution in [2.24, 2.45) is 0 Å². The number of H-pyrrole nitrogens is 1. The molecular weight excluding hydrogens is 202 g/mol. The lowest BCUT2D eigenvalue weighted by Gasteiger charge is -2.39. The van der Waals surface area contributed by atoms with Crippen LogP contribution in [0.3, 0.4) is 0 Å². The van der Waals surface area contributed by atoms with Crippen molar-refractivity contribution in [2.75, 3.05) is 13.2 Å². The predicted octanol–water partition coefficient (Wildman–Crippen LogP) is 2.02. The van der Waals surface area contributed by atoms with E-state index in [0.717, 1.165) is 16.5 Å². The molecule has 0 unspecified atom stereocenters. The fourth-order valence-electron chi connectivity index (χ4n) is 2.32. The Kier molecular flexibility index (Phi) is 1.91. The summed E-state index contributed by atoms with van der Waals surface area (Å²) in [5.41, 5.74) is 1.73. The van der Waals surface area contributed by atoms with Gasteiger partial charge in [-0.1, -0.05) is 18.2 Å². The molecule has 0 aliphatic carbocycles. The highest BCUT2D eigenvalue weighted by atomic mass is 16.5. The summed E-state index contributed by atoms with van der Waals surface area (Å²) >= 11 is 0. The molecule has 1 aliphatic rings. The second kappa shape index (κ2) is 3.19. The maximum absolute atomic E-state index is 11.8. The Bertz CT molecular complexity index is 552. The molecule has 82 valence electrons. The number of para-hydroxylation sites is 1. The molecule has 1 aromatic carbocycles. The van der Waals surface area contributed by atoms with Gasteiger partial charge >= 0.3 is 0 Å². The van der Waals surface area contributed by atoms with Gasteiger partial charge in [0.15, 0.2) is 0 Å². The third-order valence-corrected chi connectivity index (χ3v) is 3.48. The number of Topliss-reactive ketones (excluding diaryl/α,β-unsaturated/α-hetero) is 1. The van der Waals surface area contributed by atoms with Gasteiger partial charge < -0.3 is 9.72 Å². The Hall–Kier alpha value is -1.61. The molecule has 3 nitrogen and oxygen atoms in total. The van der Waals surface area contributed by atoms with Crippen molar-refractivity contribution >= 4 is 16.7 Å². The van der Waals surface area contributed by atoms with Crippen LogP contribution in [0.15, 0.2) is 30.5 Å². The first-order chi connectivity index (χ1) is 7.74. The molecule has 2 aromatic rings. The first kappa shape index (κ1) is 9.60. The average molecular weight is 215 g/mol. The molecule has 1 N–H and O–H groups in total. The number of nitrogens with one attached hydrogen (secondary N) is 1. The van der Waals surface area contributed by atoms with E-state index in [1.54, 1.807) is 6.92 Å². The van der Waals surface area contributed by atoms with E-state index in [0.29, 0.717) is 13.2 Å². The minimum atomic E-state index is -0.417. The smallest absolute Gasteiger partial charge is 0.145 e. The van der Waals surface area contributed by atoms with E-state index >= 15 is 0 Å². The van der Waals surface area contributed by atoms with E-state index in [2.05, 4.69) is 4.98 Å². The summed E-state index contributed by atoms with van der Waals surface area (Å²) in [4.78, 5) is 15.0. The van der Waals surface area contributed by atoms with Crippen LogP contribution in [0, 0.1) is 0 Å². The predicted molar refractivity (Wildman–Crippen MR) is 61.5 cm³/mol. The maximum atomic E-state index is 11.8. The van der Waals surface area contributed by atoms with Crippen LogP contribution >= 0.6 is 0 Å². The zero-order chi connectivity index (χ0) is 11.2. The summed E-state index contributed by atoms with van der Waals surface area (Å²) in [5.74, 6) is 0.184. The number of ketones is 1. The van der Waals surface area contributed by atoms with Gasteiger partial charge in [0, 0.05) is 17.1 Å². The molecule has 0 amide bonds. The van der Waals surface area contributed by atoms with Crippen LogP contribution in [-0.4, -0.2) is 24.0 Å². The minimum absolute atomic E-state index is 0.184. The lowest BCUT2D eigenvalue weighted by molar-refractivity contribution is -0.140. The van der Waals surface area contributed by atoms with Gasteiger partial charge in [0.05, 0.1) is 13.2 Å². The number of aromatic amines is 1. The topological polar surface area (TPSA) is 42.1 Å². The second-order valence-corrected chi connectivity index (χ2v) is 4.38. The summed E-state index contributed by atoms with van der Waals surface area (Å²) in [6.07, 6.45) is 1.94. The van der Waals surface area contributed by atoms with E-state index in [4.69, 9.17) is 4.74 Å². The Labute approximate surface area is 93.4 Å². The highest BCUT2D eigenvalue weighted by Crippen LogP contribution is 2.37. The van der Waals surface area contributed by atoms with Crippen LogP contribution in [0.1, 0.15) is 12.5 Å². The summed E-state index contributed by atoms with van der Waals surface area (Å²) in [6.45, 7) is 2.65. The SMILES string of the molecule is CC(=O)C1(c2c[nH]c3ccccc23)COC1. The molecule has 1 saturated heterocycles. The monoisotopic (exact) mass is 215 g/mol. The van der Waals surface area contributed by atoms with Gasteiger partial charge in [-0.25, -0.2) is 0 Å². The largest absolute Gasteiger partial charge is 0.378 e. The van der Waals surface area contributed by atoms with Crippen molar-refractivity contribution < 1.29 is 9.53 Å². The zero-order valence-electron chi connectivity index (χ0n) is 9.12. The molecule has 3 rings (SSSR count). The third-order valence-electron chi connectivity index (χ3n) is 3.48. The molecule has 1 aromatic heterocycles. The normalized spacial score (nSPS) is 18.3. The highest BCUT2D eigenvalue weighted by Gasteiger charge is 2.46. The lowest BCUT2D eigenvalue weighted by Crippen LogP contribution is -2.52. The number of aromatic nitrogens is 1. The number of ether oxygens (including phenoxy) is 1. The first-order valence-electron chi connectivity index (χ1n) is 5.39. The van der Waals surface area contributed by atoms with Crippen molar-refractivity contribution in [3.63, 3.8) is 0 Å². The number of carbonyl (C=O) groups excluding carboxylic acids is 1. The molecule has 0 saturated carbocycles. The van der Waals surface area contributed by atoms with Crippen LogP contribution < -0.4 is 0 Å². The summed E-state index contributed by atoms with van der Waals surface area (Å²) in [5, 5.41) is 1.13. The van der Waals surface area contributed by atoms with Crippen LogP contribution in [0.2, 0.25) is 0 Å². The first-order valence-corrected chi connectivity index (χ1v) is 5.39. The minimum Gasteiger partial charge on any atom is -0.378 e. The van der Waals surface area contributed by atoms with Gasteiger partial charge in [-0.2, -0.15) is 0 Å². The molecule has 0 spiro atoms. The average Bonchev–Trinajstić information content (AvgIpc) is 2.61. The molecule has 0 radical (unpaired) electrons. The quantitative estimate of drug-likeness (QED) is 0.832. The zero-order valence-corrected chi connectivity index (χ0v) is 9.12. The molecule has 3 heteroatoms. The van der Waals surface area contributed by atoms with E-state index < -0.39 is 5.41 Å². The van der Waals surface area contributed by atoms with Crippen LogP contribution in [0.4, 0.5) is 0 Å². The van der Waals surface area contributed by atoms with Crippen molar-refractivity contribution in [1.82, 2.24) is 4.98 Å². The molecule has 0 bridgehead atoms. The number of hydrogen-bond acceptors (Lipinski definition) is 2. The maximum Gasteiger partial charge on any atom is 0.145 e. The van der Waals surface area contributed by atoms with Gasteiger partial charge in [-0.3, -0.25) is 4.79 Å². The number of fused-ring (bicyclic) bond motifs is 1. The molecule has 16 heavy (non-hydrogen) atoms. The summed E-state index contributed by atoms with van der Waals surface area (Å²) in [7, 11) is 0. The molecule has 1 aliphatic heterocycles. The van der Waals surface area contributed by atoms with Crippen LogP contribution in [0.25, 0.3) is 10.9 Å². The molecule has 0 atom stereocenters. The second-order valence-electron chi connectivity index (χ2n) is 4.38. The van der Waals surface area contributed by atoms with Crippen molar-refractivity contribution in [2.45, 2.75) is 12.3 Å². The summed E-state index contributed by atoms with van der Waals surface area (Å²) < 4.78 is 5.24. The van der Waals surface area contributed by atoms with Crippen molar-refractivity contribution in [3.8, 4) is 0 Å². The van der Waals surface area contributed by atoms with Crippen molar-refractivity contribution in [3.05, 3.63) is 36.0 Å². The van der Waals surface area contributed by atoms with Crippen LogP contribution in [0.5, 0.6) is 0 Å². The summed E-state index contributed by atoms with van der Waals surface area (Å²) in [6, 6.07) is 8.05. The number of benzene rings is 1. The van der Waals surface area contributed by atoms with E-state index in [1.165, 1.54) is 0 Å². The van der Waals surface area contributed by atoms with Gasteiger partial charge in [0.25, 0.3) is 0 Å². The number of carbonyl (C=O) groups is 1. The Morgan fingerprint density at radius 3 is 2.75 bits per heavy atom. The Balaban J connectivity index is 2.22. The third kappa shape index (κ3) is 1.09. The fourth-order valence-corrected chi connectivity index (χ4v) is 2.32. The number of hydrogen-bond donors (Lipinski definition) is 1. The standard InChI is InChI=1S/C13H13NO2/c1-9(15)13(7-16-8-13)11-6-14-12-5-3-2-4-10(11)12/h2-6,14H,7-8H2,1H3. The van der Waals surface area contributed by atoms with Gasteiger partial charge in [0.1, 0.15) is 11.2 Å². The number of rotatable bonds is 2. The Morgan fingerprint density at radius 2 is 2.12 bits per heavy atom. The lowest BCUT2D eigenvalue weighted by atomic mass is 9.75. The van der Waals surface area contributed by atoms with Crippen LogP contribution in [-0.2, 0) is 14.9 Å². The van der Waals surface area contributed by atoms with Gasteiger partial charge in [0.2, 0.25) is 0 Å². The van der Waals surface area contributed by atoms with Crippen molar-refractivity contribution in [1.29, 1.82) is 0 Å². The fraction of sp³-hybridized carbons (Fsp3) is 0.308. The Morgan fingerprint density at radius 1 is 1.38 bits per heavy atom. The van der Waals surface area contributed by atoms with E-state index in [1.807, 2.05) is 30.5 Å².